The number of nitrogens with two attached hydrogens (primary N) is 1. The third-order valence-corrected chi connectivity index (χ3v) is 4.78. The zero-order valence-corrected chi connectivity index (χ0v) is 14.4. The van der Waals surface area contributed by atoms with Gasteiger partial charge in [0.25, 0.3) is 5.91 Å². The minimum atomic E-state index is -0.324. The molecule has 0 bridgehead atoms. The molecule has 0 aromatic heterocycles. The molecular formula is C20H23N3O2. The quantitative estimate of drug-likeness (QED) is 0.928. The van der Waals surface area contributed by atoms with Gasteiger partial charge in [0.2, 0.25) is 5.91 Å². The molecule has 1 unspecified atom stereocenters. The Balaban J connectivity index is 1.69. The third-order valence-electron chi connectivity index (χ3n) is 4.78. The molecule has 1 saturated heterocycles. The fourth-order valence-electron chi connectivity index (χ4n) is 3.14. The lowest BCUT2D eigenvalue weighted by molar-refractivity contribution is -0.123. The minimum absolute atomic E-state index is 0.0316. The highest BCUT2D eigenvalue weighted by molar-refractivity contribution is 5.95. The molecule has 1 aliphatic rings. The molecular weight excluding hydrogens is 314 g/mol. The average molecular weight is 337 g/mol. The van der Waals surface area contributed by atoms with Gasteiger partial charge in [0.1, 0.15) is 0 Å². The fourth-order valence-corrected chi connectivity index (χ4v) is 3.14. The van der Waals surface area contributed by atoms with Crippen molar-refractivity contribution in [3.63, 3.8) is 0 Å². The normalized spacial score (nSPS) is 16.4. The van der Waals surface area contributed by atoms with Crippen molar-refractivity contribution in [3.05, 3.63) is 60.2 Å². The molecule has 2 aromatic carbocycles. The maximum absolute atomic E-state index is 12.8. The smallest absolute Gasteiger partial charge is 0.253 e. The van der Waals surface area contributed by atoms with E-state index in [0.717, 1.165) is 11.1 Å². The number of benzene rings is 2. The van der Waals surface area contributed by atoms with Crippen LogP contribution in [0.3, 0.4) is 0 Å². The Morgan fingerprint density at radius 1 is 0.920 bits per heavy atom. The number of carbonyl (C=O) groups is 2. The summed E-state index contributed by atoms with van der Waals surface area (Å²) >= 11 is 0. The van der Waals surface area contributed by atoms with Crippen molar-refractivity contribution in [1.29, 1.82) is 0 Å². The van der Waals surface area contributed by atoms with E-state index in [2.05, 4.69) is 0 Å². The topological polar surface area (TPSA) is 66.6 Å². The van der Waals surface area contributed by atoms with E-state index in [0.29, 0.717) is 31.7 Å². The zero-order valence-electron chi connectivity index (χ0n) is 14.4. The zero-order chi connectivity index (χ0) is 17.8. The predicted octanol–water partition coefficient (Wildman–Crippen LogP) is 1.99. The van der Waals surface area contributed by atoms with Gasteiger partial charge < -0.3 is 10.6 Å². The van der Waals surface area contributed by atoms with Gasteiger partial charge in [0.05, 0.1) is 6.04 Å². The first-order valence-electron chi connectivity index (χ1n) is 8.54. The number of hydrogen-bond donors (Lipinski definition) is 1. The summed E-state index contributed by atoms with van der Waals surface area (Å²) in [5.74, 6) is -0.292. The van der Waals surface area contributed by atoms with Crippen LogP contribution in [0.2, 0.25) is 0 Å². The number of primary amides is 1. The van der Waals surface area contributed by atoms with Crippen LogP contribution in [-0.2, 0) is 4.79 Å². The molecule has 1 atom stereocenters. The molecule has 2 amide bonds. The molecule has 1 heterocycles. The molecule has 1 aliphatic heterocycles. The number of rotatable bonds is 4. The summed E-state index contributed by atoms with van der Waals surface area (Å²) in [5.41, 5.74) is 8.18. The Labute approximate surface area is 148 Å². The number of amides is 2. The molecule has 5 nitrogen and oxygen atoms in total. The molecule has 130 valence electrons. The average Bonchev–Trinajstić information content (AvgIpc) is 2.67. The third kappa shape index (κ3) is 3.88. The van der Waals surface area contributed by atoms with Gasteiger partial charge in [-0.1, -0.05) is 42.5 Å². The summed E-state index contributed by atoms with van der Waals surface area (Å²) < 4.78 is 0. The summed E-state index contributed by atoms with van der Waals surface area (Å²) in [6, 6.07) is 17.5. The van der Waals surface area contributed by atoms with Crippen LogP contribution in [0.5, 0.6) is 0 Å². The second kappa shape index (κ2) is 7.49. The van der Waals surface area contributed by atoms with Crippen LogP contribution in [0.25, 0.3) is 11.1 Å². The first-order chi connectivity index (χ1) is 12.1. The maximum atomic E-state index is 12.8. The van der Waals surface area contributed by atoms with Crippen molar-refractivity contribution in [2.45, 2.75) is 13.0 Å². The minimum Gasteiger partial charge on any atom is -0.368 e. The van der Waals surface area contributed by atoms with Crippen LogP contribution in [0.15, 0.2) is 54.6 Å². The van der Waals surface area contributed by atoms with Gasteiger partial charge in [-0.2, -0.15) is 0 Å². The Kier molecular flexibility index (Phi) is 5.14. The standard InChI is InChI=1S/C20H23N3O2/c1-15(19(21)24)22-10-12-23(13-11-22)20(25)18-9-5-8-17(14-18)16-6-3-2-4-7-16/h2-9,14-15H,10-13H2,1H3,(H2,21,24). The summed E-state index contributed by atoms with van der Waals surface area (Å²) in [6.07, 6.45) is 0. The Bertz CT molecular complexity index is 753. The second-order valence-electron chi connectivity index (χ2n) is 6.35. The Morgan fingerprint density at radius 3 is 2.20 bits per heavy atom. The lowest BCUT2D eigenvalue weighted by Gasteiger charge is -2.37. The highest BCUT2D eigenvalue weighted by Crippen LogP contribution is 2.21. The van der Waals surface area contributed by atoms with Gasteiger partial charge in [-0.15, -0.1) is 0 Å². The van der Waals surface area contributed by atoms with Crippen LogP contribution in [0.4, 0.5) is 0 Å². The van der Waals surface area contributed by atoms with E-state index in [1.54, 1.807) is 0 Å². The highest BCUT2D eigenvalue weighted by atomic mass is 16.2. The number of nitrogens with zero attached hydrogens (tertiary/aromatic N) is 2. The van der Waals surface area contributed by atoms with Crippen molar-refractivity contribution >= 4 is 11.8 Å². The van der Waals surface area contributed by atoms with E-state index in [9.17, 15) is 9.59 Å². The van der Waals surface area contributed by atoms with Crippen molar-refractivity contribution in [2.75, 3.05) is 26.2 Å². The molecule has 0 aliphatic carbocycles. The molecule has 1 fully saturated rings. The van der Waals surface area contributed by atoms with E-state index in [1.165, 1.54) is 0 Å². The molecule has 2 aromatic rings. The fraction of sp³-hybridized carbons (Fsp3) is 0.300. The van der Waals surface area contributed by atoms with Crippen LogP contribution in [0, 0.1) is 0 Å². The predicted molar refractivity (Wildman–Crippen MR) is 98.0 cm³/mol. The molecule has 0 saturated carbocycles. The van der Waals surface area contributed by atoms with Gasteiger partial charge in [0.15, 0.2) is 0 Å². The Hall–Kier alpha value is -2.66. The van der Waals surface area contributed by atoms with Gasteiger partial charge in [-0.25, -0.2) is 0 Å². The molecule has 5 heteroatoms. The number of carbonyl (C=O) groups excluding carboxylic acids is 2. The maximum Gasteiger partial charge on any atom is 0.253 e. The largest absolute Gasteiger partial charge is 0.368 e. The summed E-state index contributed by atoms with van der Waals surface area (Å²) in [7, 11) is 0. The lowest BCUT2D eigenvalue weighted by atomic mass is 10.0. The summed E-state index contributed by atoms with van der Waals surface area (Å²) in [5, 5.41) is 0. The van der Waals surface area contributed by atoms with Crippen LogP contribution in [-0.4, -0.2) is 53.8 Å². The van der Waals surface area contributed by atoms with Crippen LogP contribution >= 0.6 is 0 Å². The number of hydrogen-bond acceptors (Lipinski definition) is 3. The summed E-state index contributed by atoms with van der Waals surface area (Å²) in [6.45, 7) is 4.34. The van der Waals surface area contributed by atoms with E-state index < -0.39 is 0 Å². The first kappa shape index (κ1) is 17.2. The molecule has 25 heavy (non-hydrogen) atoms. The van der Waals surface area contributed by atoms with Crippen molar-refractivity contribution in [2.24, 2.45) is 5.73 Å². The van der Waals surface area contributed by atoms with E-state index in [4.69, 9.17) is 5.73 Å². The molecule has 3 rings (SSSR count). The van der Waals surface area contributed by atoms with Gasteiger partial charge in [-0.05, 0) is 30.2 Å². The first-order valence-corrected chi connectivity index (χ1v) is 8.54. The monoisotopic (exact) mass is 337 g/mol. The van der Waals surface area contributed by atoms with Crippen LogP contribution < -0.4 is 5.73 Å². The highest BCUT2D eigenvalue weighted by Gasteiger charge is 2.26. The molecule has 2 N–H and O–H groups in total. The van der Waals surface area contributed by atoms with Gasteiger partial charge in [-0.3, -0.25) is 14.5 Å². The number of piperazine rings is 1. The van der Waals surface area contributed by atoms with Crippen LogP contribution in [0.1, 0.15) is 17.3 Å². The van der Waals surface area contributed by atoms with E-state index >= 15 is 0 Å². The molecule has 0 radical (unpaired) electrons. The van der Waals surface area contributed by atoms with Gasteiger partial charge >= 0.3 is 0 Å². The SMILES string of the molecule is CC(C(N)=O)N1CCN(C(=O)c2cccc(-c3ccccc3)c2)CC1. The lowest BCUT2D eigenvalue weighted by Crippen LogP contribution is -2.54. The second-order valence-corrected chi connectivity index (χ2v) is 6.35. The summed E-state index contributed by atoms with van der Waals surface area (Å²) in [4.78, 5) is 28.0. The van der Waals surface area contributed by atoms with Crippen molar-refractivity contribution in [1.82, 2.24) is 9.80 Å². The van der Waals surface area contributed by atoms with E-state index in [1.807, 2.05) is 71.3 Å². The van der Waals surface area contributed by atoms with Crippen molar-refractivity contribution in [3.8, 4) is 11.1 Å². The van der Waals surface area contributed by atoms with Crippen molar-refractivity contribution < 1.29 is 9.59 Å². The molecule has 0 spiro atoms. The Morgan fingerprint density at radius 2 is 1.56 bits per heavy atom. The van der Waals surface area contributed by atoms with E-state index in [-0.39, 0.29) is 17.9 Å². The van der Waals surface area contributed by atoms with Gasteiger partial charge in [0, 0.05) is 31.7 Å².